The van der Waals surface area contributed by atoms with E-state index >= 15 is 0 Å². The zero-order valence-corrected chi connectivity index (χ0v) is 20.6. The normalized spacial score (nSPS) is 17.0. The number of rotatable bonds is 9. The SMILES string of the molecule is COc1ccc(-c2noc(CN3CCCC(C(=O)NC(C)c4ccc(OC)c(OC)c4)C3)n2)cc1. The Labute approximate surface area is 205 Å². The molecule has 1 amide bonds. The quantitative estimate of drug-likeness (QED) is 0.493. The number of piperidine rings is 1. The van der Waals surface area contributed by atoms with E-state index in [4.69, 9.17) is 18.7 Å². The number of hydrogen-bond acceptors (Lipinski definition) is 8. The van der Waals surface area contributed by atoms with Crippen LogP contribution in [-0.4, -0.2) is 55.4 Å². The number of ether oxygens (including phenoxy) is 3. The number of likely N-dealkylation sites (tertiary alicyclic amines) is 1. The fraction of sp³-hybridized carbons (Fsp3) is 0.423. The Bertz CT molecular complexity index is 1130. The second-order valence-electron chi connectivity index (χ2n) is 8.66. The predicted molar refractivity (Wildman–Crippen MR) is 130 cm³/mol. The first-order chi connectivity index (χ1) is 17.0. The Balaban J connectivity index is 1.34. The third kappa shape index (κ3) is 5.92. The maximum Gasteiger partial charge on any atom is 0.241 e. The molecule has 2 heterocycles. The van der Waals surface area contributed by atoms with Gasteiger partial charge in [0.15, 0.2) is 11.5 Å². The van der Waals surface area contributed by atoms with Crippen molar-refractivity contribution in [3.63, 3.8) is 0 Å². The summed E-state index contributed by atoms with van der Waals surface area (Å²) in [7, 11) is 4.83. The zero-order valence-electron chi connectivity index (χ0n) is 20.6. The minimum atomic E-state index is -0.152. The van der Waals surface area contributed by atoms with Gasteiger partial charge in [-0.25, -0.2) is 0 Å². The van der Waals surface area contributed by atoms with Crippen molar-refractivity contribution in [2.24, 2.45) is 5.92 Å². The van der Waals surface area contributed by atoms with Crippen molar-refractivity contribution in [1.82, 2.24) is 20.4 Å². The van der Waals surface area contributed by atoms with Gasteiger partial charge < -0.3 is 24.1 Å². The van der Waals surface area contributed by atoms with Gasteiger partial charge in [0.05, 0.1) is 39.8 Å². The molecule has 9 nitrogen and oxygen atoms in total. The van der Waals surface area contributed by atoms with Crippen LogP contribution in [0.3, 0.4) is 0 Å². The molecule has 0 spiro atoms. The highest BCUT2D eigenvalue weighted by atomic mass is 16.5. The molecule has 1 fully saturated rings. The molecule has 9 heteroatoms. The van der Waals surface area contributed by atoms with Gasteiger partial charge in [0.2, 0.25) is 17.6 Å². The van der Waals surface area contributed by atoms with E-state index in [1.165, 1.54) is 0 Å². The molecule has 2 atom stereocenters. The van der Waals surface area contributed by atoms with E-state index in [9.17, 15) is 4.79 Å². The lowest BCUT2D eigenvalue weighted by atomic mass is 9.96. The van der Waals surface area contributed by atoms with Crippen molar-refractivity contribution in [2.45, 2.75) is 32.4 Å². The van der Waals surface area contributed by atoms with E-state index in [1.807, 2.05) is 49.4 Å². The number of amides is 1. The molecule has 2 aromatic carbocycles. The van der Waals surface area contributed by atoms with Gasteiger partial charge in [-0.1, -0.05) is 11.2 Å². The first-order valence-electron chi connectivity index (χ1n) is 11.7. The Morgan fingerprint density at radius 2 is 1.89 bits per heavy atom. The summed E-state index contributed by atoms with van der Waals surface area (Å²) in [5.41, 5.74) is 1.82. The summed E-state index contributed by atoms with van der Waals surface area (Å²) in [6, 6.07) is 13.1. The fourth-order valence-electron chi connectivity index (χ4n) is 4.32. The zero-order chi connectivity index (χ0) is 24.8. The van der Waals surface area contributed by atoms with Gasteiger partial charge in [0.25, 0.3) is 0 Å². The van der Waals surface area contributed by atoms with Crippen LogP contribution in [0.2, 0.25) is 0 Å². The second kappa shape index (κ2) is 11.2. The third-order valence-electron chi connectivity index (χ3n) is 6.32. The number of carbonyl (C=O) groups excluding carboxylic acids is 1. The molecule has 1 N–H and O–H groups in total. The van der Waals surface area contributed by atoms with Crippen LogP contribution >= 0.6 is 0 Å². The van der Waals surface area contributed by atoms with Crippen molar-refractivity contribution in [3.05, 3.63) is 53.9 Å². The summed E-state index contributed by atoms with van der Waals surface area (Å²) >= 11 is 0. The smallest absolute Gasteiger partial charge is 0.241 e. The van der Waals surface area contributed by atoms with Crippen LogP contribution in [0.5, 0.6) is 17.2 Å². The molecule has 0 saturated carbocycles. The van der Waals surface area contributed by atoms with Crippen molar-refractivity contribution < 1.29 is 23.5 Å². The van der Waals surface area contributed by atoms with Crippen LogP contribution in [-0.2, 0) is 11.3 Å². The maximum atomic E-state index is 13.0. The van der Waals surface area contributed by atoms with Crippen LogP contribution < -0.4 is 19.5 Å². The molecule has 1 saturated heterocycles. The number of hydrogen-bond donors (Lipinski definition) is 1. The number of nitrogens with zero attached hydrogens (tertiary/aromatic N) is 3. The molecule has 0 aliphatic carbocycles. The van der Waals surface area contributed by atoms with E-state index < -0.39 is 0 Å². The number of carbonyl (C=O) groups is 1. The van der Waals surface area contributed by atoms with E-state index in [2.05, 4.69) is 20.4 Å². The molecule has 35 heavy (non-hydrogen) atoms. The van der Waals surface area contributed by atoms with Gasteiger partial charge in [0.1, 0.15) is 5.75 Å². The minimum absolute atomic E-state index is 0.0430. The monoisotopic (exact) mass is 480 g/mol. The standard InChI is InChI=1S/C26H32N4O5/c1-17(19-9-12-22(33-3)23(14-19)34-4)27-26(31)20-6-5-13-30(15-20)16-24-28-25(29-35-24)18-7-10-21(32-2)11-8-18/h7-12,14,17,20H,5-6,13,15-16H2,1-4H3,(H,27,31). The first kappa shape index (κ1) is 24.5. The second-order valence-corrected chi connectivity index (χ2v) is 8.66. The van der Waals surface area contributed by atoms with Crippen LogP contribution in [0.4, 0.5) is 0 Å². The van der Waals surface area contributed by atoms with Crippen LogP contribution in [0, 0.1) is 5.92 Å². The molecule has 0 bridgehead atoms. The lowest BCUT2D eigenvalue weighted by Gasteiger charge is -2.31. The Hall–Kier alpha value is -3.59. The topological polar surface area (TPSA) is 99.0 Å². The molecule has 3 aromatic rings. The van der Waals surface area contributed by atoms with Crippen molar-refractivity contribution >= 4 is 5.91 Å². The Morgan fingerprint density at radius 1 is 1.11 bits per heavy atom. The Kier molecular flexibility index (Phi) is 7.87. The fourth-order valence-corrected chi connectivity index (χ4v) is 4.32. The lowest BCUT2D eigenvalue weighted by Crippen LogP contribution is -2.43. The summed E-state index contributed by atoms with van der Waals surface area (Å²) < 4.78 is 21.4. The molecule has 0 radical (unpaired) electrons. The van der Waals surface area contributed by atoms with E-state index in [-0.39, 0.29) is 17.9 Å². The van der Waals surface area contributed by atoms with Gasteiger partial charge in [-0.15, -0.1) is 0 Å². The summed E-state index contributed by atoms with van der Waals surface area (Å²) in [5.74, 6) is 3.10. The predicted octanol–water partition coefficient (Wildman–Crippen LogP) is 3.85. The molecule has 186 valence electrons. The van der Waals surface area contributed by atoms with Crippen LogP contribution in [0.1, 0.15) is 37.3 Å². The highest BCUT2D eigenvalue weighted by molar-refractivity contribution is 5.79. The van der Waals surface area contributed by atoms with Gasteiger partial charge in [-0.05, 0) is 68.3 Å². The van der Waals surface area contributed by atoms with Gasteiger partial charge in [0, 0.05) is 12.1 Å². The molecule has 1 aromatic heterocycles. The van der Waals surface area contributed by atoms with Gasteiger partial charge in [-0.3, -0.25) is 9.69 Å². The summed E-state index contributed by atoms with van der Waals surface area (Å²) in [4.78, 5) is 19.8. The largest absolute Gasteiger partial charge is 0.497 e. The molecular weight excluding hydrogens is 448 g/mol. The first-order valence-corrected chi connectivity index (χ1v) is 11.7. The summed E-state index contributed by atoms with van der Waals surface area (Å²) in [6.07, 6.45) is 1.78. The molecule has 2 unspecified atom stereocenters. The van der Waals surface area contributed by atoms with E-state index in [0.29, 0.717) is 36.3 Å². The maximum absolute atomic E-state index is 13.0. The number of methoxy groups -OCH3 is 3. The van der Waals surface area contributed by atoms with Crippen molar-refractivity contribution in [3.8, 4) is 28.6 Å². The average molecular weight is 481 g/mol. The molecule has 1 aliphatic heterocycles. The lowest BCUT2D eigenvalue weighted by molar-refractivity contribution is -0.127. The van der Waals surface area contributed by atoms with Crippen molar-refractivity contribution in [2.75, 3.05) is 34.4 Å². The summed E-state index contributed by atoms with van der Waals surface area (Å²) in [6.45, 7) is 4.01. The van der Waals surface area contributed by atoms with E-state index in [0.717, 1.165) is 36.3 Å². The number of nitrogens with one attached hydrogen (secondary N) is 1. The average Bonchev–Trinajstić information content (AvgIpc) is 3.36. The highest BCUT2D eigenvalue weighted by Crippen LogP contribution is 2.30. The Morgan fingerprint density at radius 3 is 2.60 bits per heavy atom. The minimum Gasteiger partial charge on any atom is -0.497 e. The van der Waals surface area contributed by atoms with E-state index in [1.54, 1.807) is 21.3 Å². The number of benzene rings is 2. The molecular formula is C26H32N4O5. The molecule has 1 aliphatic rings. The summed E-state index contributed by atoms with van der Waals surface area (Å²) in [5, 5.41) is 7.26. The van der Waals surface area contributed by atoms with Gasteiger partial charge >= 0.3 is 0 Å². The van der Waals surface area contributed by atoms with Crippen molar-refractivity contribution in [1.29, 1.82) is 0 Å². The van der Waals surface area contributed by atoms with Crippen LogP contribution in [0.15, 0.2) is 47.0 Å². The molecule has 4 rings (SSSR count). The third-order valence-corrected chi connectivity index (χ3v) is 6.32. The van der Waals surface area contributed by atoms with Crippen LogP contribution in [0.25, 0.3) is 11.4 Å². The number of aromatic nitrogens is 2. The highest BCUT2D eigenvalue weighted by Gasteiger charge is 2.28. The van der Waals surface area contributed by atoms with Gasteiger partial charge in [-0.2, -0.15) is 4.98 Å².